The highest BCUT2D eigenvalue weighted by Crippen LogP contribution is 2.33. The first-order chi connectivity index (χ1) is 11.1. The minimum absolute atomic E-state index is 0.0561. The van der Waals surface area contributed by atoms with E-state index in [9.17, 15) is 9.18 Å². The average Bonchev–Trinajstić information content (AvgIpc) is 3.05. The number of halogens is 1. The molecular weight excluding hydrogens is 313 g/mol. The van der Waals surface area contributed by atoms with Crippen LogP contribution in [-0.2, 0) is 11.4 Å². The van der Waals surface area contributed by atoms with Gasteiger partial charge in [0.15, 0.2) is 0 Å². The standard InChI is InChI=1S/C18H18FNO2S/c1-12(21)17-11-23-18(20-17)14-4-8-16(9-5-14)22-10-13-2-6-15(19)7-3-13/h2-9,17-18,20H,10-11H2,1H3. The van der Waals surface area contributed by atoms with E-state index in [2.05, 4.69) is 5.32 Å². The highest BCUT2D eigenvalue weighted by Gasteiger charge is 2.28. The molecule has 5 heteroatoms. The number of carbonyl (C=O) groups is 1. The summed E-state index contributed by atoms with van der Waals surface area (Å²) >= 11 is 1.74. The molecule has 1 fully saturated rings. The molecule has 0 amide bonds. The predicted molar refractivity (Wildman–Crippen MR) is 90.0 cm³/mol. The number of hydrogen-bond donors (Lipinski definition) is 1. The Bertz CT molecular complexity index is 672. The molecule has 1 aliphatic heterocycles. The summed E-state index contributed by atoms with van der Waals surface area (Å²) in [4.78, 5) is 11.4. The van der Waals surface area contributed by atoms with Gasteiger partial charge in [-0.3, -0.25) is 10.1 Å². The van der Waals surface area contributed by atoms with Crippen LogP contribution in [0.4, 0.5) is 4.39 Å². The van der Waals surface area contributed by atoms with Gasteiger partial charge in [-0.2, -0.15) is 0 Å². The number of ketones is 1. The molecule has 3 nitrogen and oxygen atoms in total. The first-order valence-electron chi connectivity index (χ1n) is 7.47. The normalized spacial score (nSPS) is 20.4. The summed E-state index contributed by atoms with van der Waals surface area (Å²) in [5.41, 5.74) is 2.06. The summed E-state index contributed by atoms with van der Waals surface area (Å²) in [6.07, 6.45) is 0. The van der Waals surface area contributed by atoms with E-state index in [0.29, 0.717) is 6.61 Å². The summed E-state index contributed by atoms with van der Waals surface area (Å²) in [6.45, 7) is 2.02. The van der Waals surface area contributed by atoms with Crippen LogP contribution in [0.1, 0.15) is 23.4 Å². The Hall–Kier alpha value is -1.85. The molecule has 3 rings (SSSR count). The van der Waals surface area contributed by atoms with Crippen molar-refractivity contribution in [2.24, 2.45) is 0 Å². The molecule has 1 saturated heterocycles. The van der Waals surface area contributed by atoms with E-state index in [1.165, 1.54) is 12.1 Å². The van der Waals surface area contributed by atoms with E-state index in [0.717, 1.165) is 22.6 Å². The van der Waals surface area contributed by atoms with Crippen molar-refractivity contribution < 1.29 is 13.9 Å². The molecule has 0 aliphatic carbocycles. The second kappa shape index (κ2) is 7.15. The first kappa shape index (κ1) is 16.0. The van der Waals surface area contributed by atoms with Crippen molar-refractivity contribution in [3.8, 4) is 5.75 Å². The average molecular weight is 331 g/mol. The lowest BCUT2D eigenvalue weighted by Crippen LogP contribution is -2.32. The van der Waals surface area contributed by atoms with E-state index in [-0.39, 0.29) is 23.0 Å². The molecule has 1 heterocycles. The van der Waals surface area contributed by atoms with Crippen LogP contribution < -0.4 is 10.1 Å². The van der Waals surface area contributed by atoms with Gasteiger partial charge in [0.2, 0.25) is 0 Å². The Balaban J connectivity index is 1.57. The first-order valence-corrected chi connectivity index (χ1v) is 8.52. The van der Waals surface area contributed by atoms with E-state index in [4.69, 9.17) is 4.74 Å². The Labute approximate surface area is 139 Å². The fourth-order valence-corrected chi connectivity index (χ4v) is 3.71. The molecule has 1 aliphatic rings. The number of thioether (sulfide) groups is 1. The molecular formula is C18H18FNO2S. The number of Topliss-reactive ketones (excluding diaryl/α,β-unsaturated/α-hetero) is 1. The van der Waals surface area contributed by atoms with Gasteiger partial charge in [-0.25, -0.2) is 4.39 Å². The largest absolute Gasteiger partial charge is 0.489 e. The van der Waals surface area contributed by atoms with Crippen LogP contribution in [0.2, 0.25) is 0 Å². The van der Waals surface area contributed by atoms with Crippen LogP contribution in [0.5, 0.6) is 5.75 Å². The quantitative estimate of drug-likeness (QED) is 0.907. The van der Waals surface area contributed by atoms with Crippen LogP contribution in [0.15, 0.2) is 48.5 Å². The highest BCUT2D eigenvalue weighted by atomic mass is 32.2. The van der Waals surface area contributed by atoms with Crippen molar-refractivity contribution in [1.29, 1.82) is 0 Å². The molecule has 120 valence electrons. The third-order valence-electron chi connectivity index (χ3n) is 3.77. The summed E-state index contributed by atoms with van der Waals surface area (Å²) in [5, 5.41) is 3.47. The van der Waals surface area contributed by atoms with E-state index < -0.39 is 0 Å². The number of ether oxygens (including phenoxy) is 1. The monoisotopic (exact) mass is 331 g/mol. The Morgan fingerprint density at radius 1 is 1.22 bits per heavy atom. The zero-order valence-corrected chi connectivity index (χ0v) is 13.6. The minimum atomic E-state index is -0.247. The van der Waals surface area contributed by atoms with Crippen LogP contribution in [0.25, 0.3) is 0 Å². The van der Waals surface area contributed by atoms with Gasteiger partial charge in [0.25, 0.3) is 0 Å². The second-order valence-corrected chi connectivity index (χ2v) is 6.67. The maximum Gasteiger partial charge on any atom is 0.147 e. The predicted octanol–water partition coefficient (Wildman–Crippen LogP) is 3.70. The lowest BCUT2D eigenvalue weighted by atomic mass is 10.2. The van der Waals surface area contributed by atoms with Gasteiger partial charge in [-0.05, 0) is 42.3 Å². The van der Waals surface area contributed by atoms with Gasteiger partial charge < -0.3 is 4.74 Å². The van der Waals surface area contributed by atoms with Gasteiger partial charge in [0.05, 0.1) is 11.4 Å². The molecule has 2 aromatic carbocycles. The van der Waals surface area contributed by atoms with Gasteiger partial charge in [0, 0.05) is 5.75 Å². The van der Waals surface area contributed by atoms with Gasteiger partial charge in [-0.15, -0.1) is 11.8 Å². The molecule has 2 aromatic rings. The molecule has 0 saturated carbocycles. The van der Waals surface area contributed by atoms with Gasteiger partial charge >= 0.3 is 0 Å². The maximum absolute atomic E-state index is 12.8. The summed E-state index contributed by atoms with van der Waals surface area (Å²) in [5.74, 6) is 1.51. The Kier molecular flexibility index (Phi) is 4.98. The minimum Gasteiger partial charge on any atom is -0.489 e. The Morgan fingerprint density at radius 2 is 1.91 bits per heavy atom. The SMILES string of the molecule is CC(=O)C1CSC(c2ccc(OCc3ccc(F)cc3)cc2)N1. The molecule has 0 bridgehead atoms. The van der Waals surface area contributed by atoms with Crippen LogP contribution in [-0.4, -0.2) is 17.6 Å². The fraction of sp³-hybridized carbons (Fsp3) is 0.278. The molecule has 0 aromatic heterocycles. The topological polar surface area (TPSA) is 38.3 Å². The van der Waals surface area contributed by atoms with Crippen molar-refractivity contribution >= 4 is 17.5 Å². The molecule has 23 heavy (non-hydrogen) atoms. The van der Waals surface area contributed by atoms with Gasteiger partial charge in [-0.1, -0.05) is 24.3 Å². The fourth-order valence-electron chi connectivity index (χ4n) is 2.38. The number of hydrogen-bond acceptors (Lipinski definition) is 4. The molecule has 2 atom stereocenters. The highest BCUT2D eigenvalue weighted by molar-refractivity contribution is 7.99. The lowest BCUT2D eigenvalue weighted by Gasteiger charge is -2.13. The number of nitrogens with one attached hydrogen (secondary N) is 1. The lowest BCUT2D eigenvalue weighted by molar-refractivity contribution is -0.118. The van der Waals surface area contributed by atoms with Crippen LogP contribution in [0.3, 0.4) is 0 Å². The van der Waals surface area contributed by atoms with Crippen molar-refractivity contribution in [1.82, 2.24) is 5.32 Å². The third-order valence-corrected chi connectivity index (χ3v) is 5.04. The summed E-state index contributed by atoms with van der Waals surface area (Å²) in [7, 11) is 0. The van der Waals surface area contributed by atoms with Crippen molar-refractivity contribution in [2.45, 2.75) is 24.9 Å². The van der Waals surface area contributed by atoms with Crippen molar-refractivity contribution in [2.75, 3.05) is 5.75 Å². The summed E-state index contributed by atoms with van der Waals surface area (Å²) < 4.78 is 18.6. The summed E-state index contributed by atoms with van der Waals surface area (Å²) in [6, 6.07) is 14.1. The van der Waals surface area contributed by atoms with Gasteiger partial charge in [0.1, 0.15) is 24.0 Å². The van der Waals surface area contributed by atoms with Crippen molar-refractivity contribution in [3.63, 3.8) is 0 Å². The molecule has 0 spiro atoms. The second-order valence-electron chi connectivity index (χ2n) is 5.53. The smallest absolute Gasteiger partial charge is 0.147 e. The van der Waals surface area contributed by atoms with Crippen LogP contribution >= 0.6 is 11.8 Å². The van der Waals surface area contributed by atoms with E-state index in [1.807, 2.05) is 24.3 Å². The number of rotatable bonds is 5. The maximum atomic E-state index is 12.8. The Morgan fingerprint density at radius 3 is 2.52 bits per heavy atom. The third kappa shape index (κ3) is 4.12. The number of carbonyl (C=O) groups excluding carboxylic acids is 1. The molecule has 2 unspecified atom stereocenters. The zero-order valence-electron chi connectivity index (χ0n) is 12.8. The molecule has 1 N–H and O–H groups in total. The van der Waals surface area contributed by atoms with E-state index >= 15 is 0 Å². The van der Waals surface area contributed by atoms with Crippen molar-refractivity contribution in [3.05, 3.63) is 65.5 Å². The number of benzene rings is 2. The molecule has 0 radical (unpaired) electrons. The zero-order chi connectivity index (χ0) is 16.2. The van der Waals surface area contributed by atoms with E-state index in [1.54, 1.807) is 30.8 Å². The van der Waals surface area contributed by atoms with Crippen LogP contribution in [0, 0.1) is 5.82 Å².